The smallest absolute Gasteiger partial charge is 0.278 e. The van der Waals surface area contributed by atoms with Crippen molar-refractivity contribution >= 4 is 29.1 Å². The van der Waals surface area contributed by atoms with Gasteiger partial charge in [0.2, 0.25) is 0 Å². The lowest BCUT2D eigenvalue weighted by Crippen LogP contribution is -2.21. The van der Waals surface area contributed by atoms with Crippen LogP contribution in [0.25, 0.3) is 0 Å². The van der Waals surface area contributed by atoms with Crippen LogP contribution in [0.5, 0.6) is 0 Å². The predicted molar refractivity (Wildman–Crippen MR) is 105 cm³/mol. The minimum Gasteiger partial charge on any atom is -0.376 e. The van der Waals surface area contributed by atoms with Crippen LogP contribution in [0.4, 0.5) is 10.1 Å². The van der Waals surface area contributed by atoms with Crippen molar-refractivity contribution < 1.29 is 23.2 Å². The van der Waals surface area contributed by atoms with E-state index in [0.29, 0.717) is 51.8 Å². The molecule has 5 rings (SSSR count). The van der Waals surface area contributed by atoms with Crippen molar-refractivity contribution in [3.63, 3.8) is 0 Å². The SMILES string of the molecule is O=C1NC(c2cc(F)ccc2Cl)c2c(NC(=O)c3noc4c3COCC4)cccc21. The molecule has 0 fully saturated rings. The Bertz CT molecular complexity index is 1190. The highest BCUT2D eigenvalue weighted by Gasteiger charge is 2.34. The van der Waals surface area contributed by atoms with E-state index >= 15 is 0 Å². The molecule has 2 aromatic carbocycles. The normalized spacial score (nSPS) is 17.3. The molecule has 0 saturated carbocycles. The molecule has 7 nitrogen and oxygen atoms in total. The van der Waals surface area contributed by atoms with Crippen LogP contribution >= 0.6 is 11.6 Å². The molecule has 2 aliphatic heterocycles. The van der Waals surface area contributed by atoms with E-state index in [9.17, 15) is 14.0 Å². The number of carbonyl (C=O) groups excluding carboxylic acids is 2. The maximum atomic E-state index is 13.9. The van der Waals surface area contributed by atoms with Crippen molar-refractivity contribution in [3.05, 3.63) is 80.9 Å². The molecule has 1 unspecified atom stereocenters. The highest BCUT2D eigenvalue weighted by molar-refractivity contribution is 6.31. The maximum absolute atomic E-state index is 13.9. The summed E-state index contributed by atoms with van der Waals surface area (Å²) in [5.41, 5.74) is 2.44. The number of nitrogens with zero attached hydrogens (tertiary/aromatic N) is 1. The number of amides is 2. The second-order valence-corrected chi connectivity index (χ2v) is 7.44. The Morgan fingerprint density at radius 2 is 2.17 bits per heavy atom. The number of hydrogen-bond donors (Lipinski definition) is 2. The molecule has 3 aromatic rings. The second-order valence-electron chi connectivity index (χ2n) is 7.03. The summed E-state index contributed by atoms with van der Waals surface area (Å²) >= 11 is 6.27. The average molecular weight is 428 g/mol. The van der Waals surface area contributed by atoms with Gasteiger partial charge in [0.15, 0.2) is 5.69 Å². The largest absolute Gasteiger partial charge is 0.376 e. The van der Waals surface area contributed by atoms with Crippen LogP contribution in [0.2, 0.25) is 5.02 Å². The van der Waals surface area contributed by atoms with E-state index in [0.717, 1.165) is 0 Å². The van der Waals surface area contributed by atoms with Gasteiger partial charge in [0, 0.05) is 33.8 Å². The first-order valence-corrected chi connectivity index (χ1v) is 9.66. The molecule has 1 aromatic heterocycles. The van der Waals surface area contributed by atoms with E-state index in [-0.39, 0.29) is 18.2 Å². The van der Waals surface area contributed by atoms with Crippen molar-refractivity contribution in [1.29, 1.82) is 0 Å². The Kier molecular flexibility index (Phi) is 4.52. The van der Waals surface area contributed by atoms with Crippen LogP contribution < -0.4 is 10.6 Å². The summed E-state index contributed by atoms with van der Waals surface area (Å²) in [6.07, 6.45) is 0.551. The number of nitrogens with one attached hydrogen (secondary N) is 2. The highest BCUT2D eigenvalue weighted by Crippen LogP contribution is 2.39. The van der Waals surface area contributed by atoms with Gasteiger partial charge < -0.3 is 19.9 Å². The topological polar surface area (TPSA) is 93.5 Å². The molecule has 3 heterocycles. The molecular formula is C21H15ClFN3O4. The van der Waals surface area contributed by atoms with Crippen molar-refractivity contribution in [1.82, 2.24) is 10.5 Å². The standard InChI is InChI=1S/C21H15ClFN3O4/c22-14-5-4-10(23)8-12(14)18-17-11(20(27)25-18)2-1-3-15(17)24-21(28)19-13-9-29-7-6-16(13)30-26-19/h1-5,8,18H,6-7,9H2,(H,24,28)(H,25,27). The molecular weight excluding hydrogens is 413 g/mol. The van der Waals surface area contributed by atoms with Gasteiger partial charge in [-0.1, -0.05) is 22.8 Å². The Hall–Kier alpha value is -3.23. The van der Waals surface area contributed by atoms with Crippen LogP contribution in [0.3, 0.4) is 0 Å². The molecule has 152 valence electrons. The van der Waals surface area contributed by atoms with Gasteiger partial charge in [-0.25, -0.2) is 4.39 Å². The van der Waals surface area contributed by atoms with Crippen molar-refractivity contribution in [2.24, 2.45) is 0 Å². The number of halogens is 2. The fourth-order valence-corrected chi connectivity index (χ4v) is 4.05. The van der Waals surface area contributed by atoms with Gasteiger partial charge in [-0.3, -0.25) is 9.59 Å². The Morgan fingerprint density at radius 3 is 3.03 bits per heavy atom. The number of aromatic nitrogens is 1. The molecule has 0 aliphatic carbocycles. The van der Waals surface area contributed by atoms with E-state index in [1.54, 1.807) is 18.2 Å². The van der Waals surface area contributed by atoms with Crippen molar-refractivity contribution in [2.75, 3.05) is 11.9 Å². The number of rotatable bonds is 3. The van der Waals surface area contributed by atoms with Gasteiger partial charge in [-0.05, 0) is 30.3 Å². The maximum Gasteiger partial charge on any atom is 0.278 e. The molecule has 2 N–H and O–H groups in total. The van der Waals surface area contributed by atoms with Crippen LogP contribution in [0.15, 0.2) is 40.9 Å². The number of fused-ring (bicyclic) bond motifs is 2. The number of carbonyl (C=O) groups is 2. The van der Waals surface area contributed by atoms with E-state index < -0.39 is 17.8 Å². The molecule has 2 amide bonds. The van der Waals surface area contributed by atoms with E-state index in [1.165, 1.54) is 18.2 Å². The first-order chi connectivity index (χ1) is 14.5. The Labute approximate surface area is 175 Å². The molecule has 1 atom stereocenters. The van der Waals surface area contributed by atoms with Gasteiger partial charge >= 0.3 is 0 Å². The summed E-state index contributed by atoms with van der Waals surface area (Å²) in [6.45, 7) is 0.759. The number of anilines is 1. The van der Waals surface area contributed by atoms with Crippen LogP contribution in [0, 0.1) is 5.82 Å². The first-order valence-electron chi connectivity index (χ1n) is 9.28. The van der Waals surface area contributed by atoms with Gasteiger partial charge in [-0.15, -0.1) is 0 Å². The number of hydrogen-bond acceptors (Lipinski definition) is 5. The van der Waals surface area contributed by atoms with Gasteiger partial charge in [0.05, 0.1) is 24.8 Å². The fourth-order valence-electron chi connectivity index (χ4n) is 3.82. The zero-order chi connectivity index (χ0) is 20.8. The third kappa shape index (κ3) is 3.05. The van der Waals surface area contributed by atoms with E-state index in [2.05, 4.69) is 15.8 Å². The van der Waals surface area contributed by atoms with Crippen LogP contribution in [-0.2, 0) is 17.8 Å². The third-order valence-corrected chi connectivity index (χ3v) is 5.58. The average Bonchev–Trinajstić information content (AvgIpc) is 3.32. The molecule has 30 heavy (non-hydrogen) atoms. The lowest BCUT2D eigenvalue weighted by molar-refractivity contribution is 0.0959. The summed E-state index contributed by atoms with van der Waals surface area (Å²) in [4.78, 5) is 25.4. The number of ether oxygens (including phenoxy) is 1. The zero-order valence-corrected chi connectivity index (χ0v) is 16.3. The van der Waals surface area contributed by atoms with Crippen LogP contribution in [-0.4, -0.2) is 23.6 Å². The summed E-state index contributed by atoms with van der Waals surface area (Å²) in [6, 6.07) is 8.20. The predicted octanol–water partition coefficient (Wildman–Crippen LogP) is 3.62. The molecule has 0 saturated heterocycles. The fraction of sp³-hybridized carbons (Fsp3) is 0.190. The zero-order valence-electron chi connectivity index (χ0n) is 15.5. The molecule has 2 aliphatic rings. The molecule has 0 bridgehead atoms. The van der Waals surface area contributed by atoms with Crippen molar-refractivity contribution in [2.45, 2.75) is 19.1 Å². The van der Waals surface area contributed by atoms with Crippen molar-refractivity contribution in [3.8, 4) is 0 Å². The van der Waals surface area contributed by atoms with Gasteiger partial charge in [-0.2, -0.15) is 0 Å². The Morgan fingerprint density at radius 1 is 1.30 bits per heavy atom. The van der Waals surface area contributed by atoms with E-state index in [4.69, 9.17) is 20.9 Å². The molecule has 0 radical (unpaired) electrons. The Balaban J connectivity index is 1.54. The minimum atomic E-state index is -0.707. The minimum absolute atomic E-state index is 0.139. The number of benzene rings is 2. The first kappa shape index (κ1) is 18.8. The summed E-state index contributed by atoms with van der Waals surface area (Å²) < 4.78 is 24.5. The molecule has 0 spiro atoms. The highest BCUT2D eigenvalue weighted by atomic mass is 35.5. The quantitative estimate of drug-likeness (QED) is 0.665. The third-order valence-electron chi connectivity index (χ3n) is 5.24. The van der Waals surface area contributed by atoms with Crippen LogP contribution in [0.1, 0.15) is 49.3 Å². The van der Waals surface area contributed by atoms with Gasteiger partial charge in [0.1, 0.15) is 11.6 Å². The summed E-state index contributed by atoms with van der Waals surface area (Å²) in [5, 5.41) is 9.80. The summed E-state index contributed by atoms with van der Waals surface area (Å²) in [7, 11) is 0. The van der Waals surface area contributed by atoms with Gasteiger partial charge in [0.25, 0.3) is 11.8 Å². The lowest BCUT2D eigenvalue weighted by Gasteiger charge is -2.18. The molecule has 9 heteroatoms. The lowest BCUT2D eigenvalue weighted by atomic mass is 9.96. The summed E-state index contributed by atoms with van der Waals surface area (Å²) in [5.74, 6) is -0.667. The monoisotopic (exact) mass is 427 g/mol. The second kappa shape index (κ2) is 7.23. The van der Waals surface area contributed by atoms with E-state index in [1.807, 2.05) is 0 Å².